The van der Waals surface area contributed by atoms with Crippen LogP contribution in [-0.4, -0.2) is 9.97 Å². The fourth-order valence-electron chi connectivity index (χ4n) is 1.64. The van der Waals surface area contributed by atoms with Gasteiger partial charge in [-0.25, -0.2) is 4.98 Å². The van der Waals surface area contributed by atoms with Gasteiger partial charge in [-0.05, 0) is 17.4 Å². The lowest BCUT2D eigenvalue weighted by atomic mass is 10.0. The molecule has 2 aromatic heterocycles. The van der Waals surface area contributed by atoms with Gasteiger partial charge in [0.25, 0.3) is 0 Å². The molecular formula is C12H16N4S. The van der Waals surface area contributed by atoms with Gasteiger partial charge in [0.1, 0.15) is 11.6 Å². The quantitative estimate of drug-likeness (QED) is 0.873. The van der Waals surface area contributed by atoms with Gasteiger partial charge in [-0.2, -0.15) is 0 Å². The molecule has 0 spiro atoms. The highest BCUT2D eigenvalue weighted by Crippen LogP contribution is 2.28. The number of thiophene rings is 1. The van der Waals surface area contributed by atoms with Crippen LogP contribution in [0.25, 0.3) is 0 Å². The van der Waals surface area contributed by atoms with Crippen LogP contribution in [0.15, 0.2) is 29.9 Å². The van der Waals surface area contributed by atoms with Crippen molar-refractivity contribution in [3.63, 3.8) is 0 Å². The second kappa shape index (κ2) is 5.14. The summed E-state index contributed by atoms with van der Waals surface area (Å²) in [7, 11) is 0. The second-order valence-corrected chi connectivity index (χ2v) is 5.19. The largest absolute Gasteiger partial charge is 0.382 e. The number of nitrogens with zero attached hydrogens (tertiary/aromatic N) is 2. The van der Waals surface area contributed by atoms with Crippen LogP contribution >= 0.6 is 11.3 Å². The summed E-state index contributed by atoms with van der Waals surface area (Å²) in [5.41, 5.74) is 5.62. The number of nitrogens with one attached hydrogen (secondary N) is 1. The minimum Gasteiger partial charge on any atom is -0.382 e. The second-order valence-electron chi connectivity index (χ2n) is 4.21. The smallest absolute Gasteiger partial charge is 0.147 e. The van der Waals surface area contributed by atoms with Crippen molar-refractivity contribution in [3.05, 3.63) is 34.8 Å². The van der Waals surface area contributed by atoms with Crippen molar-refractivity contribution in [1.29, 1.82) is 0 Å². The van der Waals surface area contributed by atoms with Crippen molar-refractivity contribution in [3.8, 4) is 0 Å². The van der Waals surface area contributed by atoms with Crippen LogP contribution in [-0.2, 0) is 0 Å². The van der Waals surface area contributed by atoms with Crippen molar-refractivity contribution < 1.29 is 0 Å². The average molecular weight is 248 g/mol. The third-order valence-electron chi connectivity index (χ3n) is 2.47. The van der Waals surface area contributed by atoms with E-state index in [9.17, 15) is 0 Å². The van der Waals surface area contributed by atoms with Gasteiger partial charge in [-0.15, -0.1) is 11.3 Å². The molecule has 3 N–H and O–H groups in total. The summed E-state index contributed by atoms with van der Waals surface area (Å²) in [5, 5.41) is 5.46. The molecule has 1 atom stereocenters. The third-order valence-corrected chi connectivity index (χ3v) is 3.43. The first-order chi connectivity index (χ1) is 8.16. The fourth-order valence-corrected chi connectivity index (χ4v) is 2.59. The molecule has 2 rings (SSSR count). The van der Waals surface area contributed by atoms with E-state index in [4.69, 9.17) is 5.73 Å². The molecule has 17 heavy (non-hydrogen) atoms. The van der Waals surface area contributed by atoms with Crippen LogP contribution in [0.2, 0.25) is 0 Å². The van der Waals surface area contributed by atoms with Crippen molar-refractivity contribution in [2.75, 3.05) is 11.1 Å². The fraction of sp³-hybridized carbons (Fsp3) is 0.333. The minimum absolute atomic E-state index is 0.242. The summed E-state index contributed by atoms with van der Waals surface area (Å²) in [6.45, 7) is 4.36. The molecule has 0 aliphatic rings. The molecule has 5 heteroatoms. The highest BCUT2D eigenvalue weighted by molar-refractivity contribution is 7.10. The van der Waals surface area contributed by atoms with E-state index >= 15 is 0 Å². The minimum atomic E-state index is 0.242. The maximum absolute atomic E-state index is 5.62. The number of hydrogen-bond donors (Lipinski definition) is 2. The Morgan fingerprint density at radius 2 is 2.18 bits per heavy atom. The zero-order valence-corrected chi connectivity index (χ0v) is 10.7. The summed E-state index contributed by atoms with van der Waals surface area (Å²) in [4.78, 5) is 9.54. The molecule has 90 valence electrons. The third kappa shape index (κ3) is 2.94. The predicted octanol–water partition coefficient (Wildman–Crippen LogP) is 2.93. The maximum Gasteiger partial charge on any atom is 0.147 e. The number of nitrogen functional groups attached to an aromatic ring is 1. The van der Waals surface area contributed by atoms with Gasteiger partial charge < -0.3 is 11.1 Å². The standard InChI is InChI=1S/C12H16N4S/c1-8(2)12(9-4-3-5-17-9)16-11-7-14-6-10(13)15-11/h3-8,12H,1-2H3,(H3,13,15,16). The number of rotatable bonds is 4. The molecule has 2 heterocycles. The zero-order chi connectivity index (χ0) is 12.3. The van der Waals surface area contributed by atoms with E-state index in [0.717, 1.165) is 5.82 Å². The highest BCUT2D eigenvalue weighted by Gasteiger charge is 2.17. The van der Waals surface area contributed by atoms with Crippen molar-refractivity contribution in [2.24, 2.45) is 5.92 Å². The lowest BCUT2D eigenvalue weighted by Crippen LogP contribution is -2.16. The molecule has 1 unspecified atom stereocenters. The van der Waals surface area contributed by atoms with Crippen LogP contribution in [0.5, 0.6) is 0 Å². The molecule has 0 bridgehead atoms. The van der Waals surface area contributed by atoms with Gasteiger partial charge in [-0.3, -0.25) is 4.98 Å². The molecule has 2 aromatic rings. The number of hydrogen-bond acceptors (Lipinski definition) is 5. The number of anilines is 2. The summed E-state index contributed by atoms with van der Waals surface area (Å²) >= 11 is 1.74. The molecule has 0 saturated carbocycles. The zero-order valence-electron chi connectivity index (χ0n) is 9.92. The Morgan fingerprint density at radius 1 is 1.35 bits per heavy atom. The van der Waals surface area contributed by atoms with Gasteiger partial charge in [-0.1, -0.05) is 19.9 Å². The topological polar surface area (TPSA) is 63.8 Å². The number of nitrogens with two attached hydrogens (primary N) is 1. The first-order valence-corrected chi connectivity index (χ1v) is 6.42. The Morgan fingerprint density at radius 3 is 2.76 bits per heavy atom. The molecular weight excluding hydrogens is 232 g/mol. The highest BCUT2D eigenvalue weighted by atomic mass is 32.1. The van der Waals surface area contributed by atoms with E-state index in [-0.39, 0.29) is 6.04 Å². The van der Waals surface area contributed by atoms with Gasteiger partial charge >= 0.3 is 0 Å². The maximum atomic E-state index is 5.62. The monoisotopic (exact) mass is 248 g/mol. The first-order valence-electron chi connectivity index (χ1n) is 5.54. The molecule has 0 radical (unpaired) electrons. The Bertz CT molecular complexity index is 467. The average Bonchev–Trinajstić information content (AvgIpc) is 2.78. The normalized spacial score (nSPS) is 12.6. The van der Waals surface area contributed by atoms with E-state index in [0.29, 0.717) is 11.7 Å². The van der Waals surface area contributed by atoms with Crippen LogP contribution in [0.3, 0.4) is 0 Å². The summed E-state index contributed by atoms with van der Waals surface area (Å²) in [6.07, 6.45) is 3.24. The van der Waals surface area contributed by atoms with Crippen molar-refractivity contribution >= 4 is 23.0 Å². The van der Waals surface area contributed by atoms with Gasteiger partial charge in [0.2, 0.25) is 0 Å². The van der Waals surface area contributed by atoms with Crippen LogP contribution < -0.4 is 11.1 Å². The lowest BCUT2D eigenvalue weighted by Gasteiger charge is -2.21. The summed E-state index contributed by atoms with van der Waals surface area (Å²) in [6, 6.07) is 4.43. The van der Waals surface area contributed by atoms with E-state index in [1.54, 1.807) is 23.7 Å². The first kappa shape index (κ1) is 11.9. The van der Waals surface area contributed by atoms with Crippen LogP contribution in [0.1, 0.15) is 24.8 Å². The van der Waals surface area contributed by atoms with Crippen LogP contribution in [0, 0.1) is 5.92 Å². The predicted molar refractivity (Wildman–Crippen MR) is 72.0 cm³/mol. The Hall–Kier alpha value is -1.62. The van der Waals surface area contributed by atoms with Crippen molar-refractivity contribution in [1.82, 2.24) is 9.97 Å². The van der Waals surface area contributed by atoms with Crippen molar-refractivity contribution in [2.45, 2.75) is 19.9 Å². The van der Waals surface area contributed by atoms with Gasteiger partial charge in [0.05, 0.1) is 18.4 Å². The van der Waals surface area contributed by atoms with E-state index in [2.05, 4.69) is 46.6 Å². The molecule has 0 fully saturated rings. The van der Waals surface area contributed by atoms with E-state index in [1.165, 1.54) is 4.88 Å². The molecule has 0 aliphatic carbocycles. The molecule has 0 aliphatic heterocycles. The molecule has 0 aromatic carbocycles. The number of aromatic nitrogens is 2. The summed E-state index contributed by atoms with van der Waals surface area (Å²) < 4.78 is 0. The van der Waals surface area contributed by atoms with Gasteiger partial charge in [0.15, 0.2) is 0 Å². The van der Waals surface area contributed by atoms with E-state index < -0.39 is 0 Å². The Kier molecular flexibility index (Phi) is 3.58. The lowest BCUT2D eigenvalue weighted by molar-refractivity contribution is 0.552. The van der Waals surface area contributed by atoms with E-state index in [1.807, 2.05) is 0 Å². The van der Waals surface area contributed by atoms with Gasteiger partial charge in [0, 0.05) is 4.88 Å². The SMILES string of the molecule is CC(C)C(Nc1cncc(N)n1)c1cccs1. The van der Waals surface area contributed by atoms with Crippen LogP contribution in [0.4, 0.5) is 11.6 Å². The Balaban J connectivity index is 2.19. The molecule has 0 amide bonds. The summed E-state index contributed by atoms with van der Waals surface area (Å²) in [5.74, 6) is 1.62. The molecule has 4 nitrogen and oxygen atoms in total. The Labute approximate surface area is 105 Å². The molecule has 0 saturated heterocycles.